The number of hydrogen-bond acceptors (Lipinski definition) is 5. The first-order valence-corrected chi connectivity index (χ1v) is 10.7. The lowest BCUT2D eigenvalue weighted by Crippen LogP contribution is -2.36. The highest BCUT2D eigenvalue weighted by Gasteiger charge is 2.40. The van der Waals surface area contributed by atoms with Crippen molar-refractivity contribution in [3.8, 4) is 11.5 Å². The first-order chi connectivity index (χ1) is 14.1. The minimum absolute atomic E-state index is 0.149. The molecule has 154 valence electrons. The Balaban J connectivity index is 1.78. The van der Waals surface area contributed by atoms with Crippen LogP contribution in [0.4, 0.5) is 0 Å². The molecule has 29 heavy (non-hydrogen) atoms. The van der Waals surface area contributed by atoms with Crippen LogP contribution in [0, 0.1) is 0 Å². The van der Waals surface area contributed by atoms with Gasteiger partial charge in [-0.1, -0.05) is 19.4 Å². The molecule has 0 amide bonds. The minimum Gasteiger partial charge on any atom is -0.493 e. The molecule has 2 aliphatic carbocycles. The van der Waals surface area contributed by atoms with Crippen LogP contribution >= 0.6 is 0 Å². The van der Waals surface area contributed by atoms with E-state index in [9.17, 15) is 9.59 Å². The summed E-state index contributed by atoms with van der Waals surface area (Å²) in [5.41, 5.74) is 4.47. The van der Waals surface area contributed by atoms with Gasteiger partial charge in [0.25, 0.3) is 0 Å². The molecule has 0 saturated heterocycles. The van der Waals surface area contributed by atoms with E-state index in [4.69, 9.17) is 9.47 Å². The summed E-state index contributed by atoms with van der Waals surface area (Å²) in [5.74, 6) is 1.34. The molecule has 0 unspecified atom stereocenters. The zero-order valence-corrected chi connectivity index (χ0v) is 17.3. The molecule has 0 atom stereocenters. The lowest BCUT2D eigenvalue weighted by Gasteiger charge is -2.37. The molecule has 1 N–H and O–H groups in total. The molecule has 1 aliphatic heterocycles. The monoisotopic (exact) mass is 395 g/mol. The average molecular weight is 395 g/mol. The summed E-state index contributed by atoms with van der Waals surface area (Å²) in [5, 5.41) is 3.45. The van der Waals surface area contributed by atoms with Gasteiger partial charge in [0.1, 0.15) is 0 Å². The van der Waals surface area contributed by atoms with Crippen molar-refractivity contribution < 1.29 is 19.1 Å². The lowest BCUT2D eigenvalue weighted by molar-refractivity contribution is -0.116. The van der Waals surface area contributed by atoms with Gasteiger partial charge in [0.15, 0.2) is 23.1 Å². The van der Waals surface area contributed by atoms with Crippen molar-refractivity contribution in [2.45, 2.75) is 64.2 Å². The summed E-state index contributed by atoms with van der Waals surface area (Å²) in [6, 6.07) is 5.84. The van der Waals surface area contributed by atoms with E-state index in [0.717, 1.165) is 66.6 Å². The summed E-state index contributed by atoms with van der Waals surface area (Å²) in [6.45, 7) is 2.76. The van der Waals surface area contributed by atoms with Crippen LogP contribution in [0.1, 0.15) is 69.8 Å². The van der Waals surface area contributed by atoms with Gasteiger partial charge in [0.2, 0.25) is 0 Å². The van der Waals surface area contributed by atoms with Crippen LogP contribution in [0.5, 0.6) is 11.5 Å². The Morgan fingerprint density at radius 2 is 1.62 bits per heavy atom. The van der Waals surface area contributed by atoms with Gasteiger partial charge in [-0.2, -0.15) is 0 Å². The van der Waals surface area contributed by atoms with E-state index in [0.29, 0.717) is 30.9 Å². The third kappa shape index (κ3) is 3.70. The third-order valence-electron chi connectivity index (χ3n) is 6.07. The molecule has 0 saturated carbocycles. The number of nitrogens with one attached hydrogen (secondary N) is 1. The molecule has 0 radical (unpaired) electrons. The summed E-state index contributed by atoms with van der Waals surface area (Å²) in [4.78, 5) is 25.8. The maximum atomic E-state index is 12.9. The molecule has 0 aromatic heterocycles. The number of ether oxygens (including phenoxy) is 2. The van der Waals surface area contributed by atoms with Crippen LogP contribution in [0.25, 0.3) is 0 Å². The number of hydrogen-bond donors (Lipinski definition) is 1. The van der Waals surface area contributed by atoms with Gasteiger partial charge in [-0.15, -0.1) is 0 Å². The second-order valence-electron chi connectivity index (χ2n) is 8.01. The SMILES string of the molecule is CCCCOc1ccc(C2C3=C(CCCC3=O)NC3=C2C(=O)CCC3)cc1OC. The number of ketones is 2. The van der Waals surface area contributed by atoms with Crippen molar-refractivity contribution in [3.05, 3.63) is 46.3 Å². The predicted octanol–water partition coefficient (Wildman–Crippen LogP) is 4.58. The van der Waals surface area contributed by atoms with E-state index < -0.39 is 0 Å². The van der Waals surface area contributed by atoms with Gasteiger partial charge < -0.3 is 14.8 Å². The zero-order chi connectivity index (χ0) is 20.4. The van der Waals surface area contributed by atoms with Crippen molar-refractivity contribution in [1.82, 2.24) is 5.32 Å². The van der Waals surface area contributed by atoms with Crippen LogP contribution in [0.15, 0.2) is 40.7 Å². The summed E-state index contributed by atoms with van der Waals surface area (Å²) < 4.78 is 11.5. The molecule has 1 heterocycles. The number of benzene rings is 1. The quantitative estimate of drug-likeness (QED) is 0.715. The number of carbonyl (C=O) groups excluding carboxylic acids is 2. The highest BCUT2D eigenvalue weighted by Crippen LogP contribution is 2.46. The molecule has 1 aromatic carbocycles. The smallest absolute Gasteiger partial charge is 0.161 e. The molecule has 4 rings (SSSR count). The van der Waals surface area contributed by atoms with Gasteiger partial charge in [-0.05, 0) is 49.8 Å². The molecule has 5 nitrogen and oxygen atoms in total. The number of carbonyl (C=O) groups is 2. The van der Waals surface area contributed by atoms with E-state index in [1.807, 2.05) is 18.2 Å². The number of unbranched alkanes of at least 4 members (excludes halogenated alkanes) is 1. The maximum absolute atomic E-state index is 12.9. The second kappa shape index (κ2) is 8.44. The largest absolute Gasteiger partial charge is 0.493 e. The van der Waals surface area contributed by atoms with Crippen LogP contribution in [0.3, 0.4) is 0 Å². The van der Waals surface area contributed by atoms with Crippen molar-refractivity contribution in [1.29, 1.82) is 0 Å². The minimum atomic E-state index is -0.305. The fourth-order valence-electron chi connectivity index (χ4n) is 4.63. The summed E-state index contributed by atoms with van der Waals surface area (Å²) in [7, 11) is 1.63. The molecule has 0 bridgehead atoms. The Morgan fingerprint density at radius 1 is 0.966 bits per heavy atom. The van der Waals surface area contributed by atoms with Gasteiger partial charge in [0, 0.05) is 41.3 Å². The topological polar surface area (TPSA) is 64.6 Å². The zero-order valence-electron chi connectivity index (χ0n) is 17.3. The Kier molecular flexibility index (Phi) is 5.74. The molecular formula is C24H29NO4. The number of Topliss-reactive ketones (excluding diaryl/α,β-unsaturated/α-hetero) is 2. The van der Waals surface area contributed by atoms with Crippen molar-refractivity contribution in [2.75, 3.05) is 13.7 Å². The lowest BCUT2D eigenvalue weighted by atomic mass is 9.71. The van der Waals surface area contributed by atoms with Gasteiger partial charge >= 0.3 is 0 Å². The van der Waals surface area contributed by atoms with E-state index in [-0.39, 0.29) is 17.5 Å². The van der Waals surface area contributed by atoms with Crippen molar-refractivity contribution in [2.24, 2.45) is 0 Å². The molecule has 5 heteroatoms. The number of rotatable bonds is 6. The van der Waals surface area contributed by atoms with Crippen molar-refractivity contribution in [3.63, 3.8) is 0 Å². The van der Waals surface area contributed by atoms with E-state index in [2.05, 4.69) is 12.2 Å². The van der Waals surface area contributed by atoms with Crippen LogP contribution in [0.2, 0.25) is 0 Å². The Hall–Kier alpha value is -2.56. The Labute approximate surface area is 172 Å². The fraction of sp³-hybridized carbons (Fsp3) is 0.500. The van der Waals surface area contributed by atoms with Gasteiger partial charge in [-0.3, -0.25) is 9.59 Å². The van der Waals surface area contributed by atoms with Gasteiger partial charge in [-0.25, -0.2) is 0 Å². The normalized spacial score (nSPS) is 19.7. The number of dihydropyridines is 1. The Morgan fingerprint density at radius 3 is 2.21 bits per heavy atom. The molecule has 3 aliphatic rings. The fourth-order valence-corrected chi connectivity index (χ4v) is 4.63. The van der Waals surface area contributed by atoms with E-state index in [1.165, 1.54) is 0 Å². The first kappa shape index (κ1) is 19.7. The van der Waals surface area contributed by atoms with Crippen molar-refractivity contribution >= 4 is 11.6 Å². The standard InChI is InChI=1S/C24H29NO4/c1-3-4-13-29-20-12-11-15(14-21(20)28-2)22-23-16(7-5-9-18(23)26)25-17-8-6-10-19(27)24(17)22/h11-12,14,22,25H,3-10,13H2,1-2H3. The predicted molar refractivity (Wildman–Crippen MR) is 111 cm³/mol. The second-order valence-corrected chi connectivity index (χ2v) is 8.01. The van der Waals surface area contributed by atoms with Crippen LogP contribution in [-0.2, 0) is 9.59 Å². The molecule has 1 aromatic rings. The number of allylic oxidation sites excluding steroid dienone is 4. The van der Waals surface area contributed by atoms with Gasteiger partial charge in [0.05, 0.1) is 13.7 Å². The molecular weight excluding hydrogens is 366 g/mol. The maximum Gasteiger partial charge on any atom is 0.161 e. The molecule has 0 fully saturated rings. The highest BCUT2D eigenvalue weighted by molar-refractivity contribution is 6.06. The Bertz CT molecular complexity index is 854. The highest BCUT2D eigenvalue weighted by atomic mass is 16.5. The average Bonchev–Trinajstić information content (AvgIpc) is 2.73. The first-order valence-electron chi connectivity index (χ1n) is 10.7. The van der Waals surface area contributed by atoms with E-state index in [1.54, 1.807) is 7.11 Å². The number of methoxy groups -OCH3 is 1. The molecule has 0 spiro atoms. The van der Waals surface area contributed by atoms with E-state index >= 15 is 0 Å². The summed E-state index contributed by atoms with van der Waals surface area (Å²) >= 11 is 0. The third-order valence-corrected chi connectivity index (χ3v) is 6.07. The van der Waals surface area contributed by atoms with Crippen LogP contribution in [-0.4, -0.2) is 25.3 Å². The summed E-state index contributed by atoms with van der Waals surface area (Å²) in [6.07, 6.45) is 6.58. The van der Waals surface area contributed by atoms with Crippen LogP contribution < -0.4 is 14.8 Å².